The lowest BCUT2D eigenvalue weighted by atomic mass is 10.1. The van der Waals surface area contributed by atoms with Crippen LogP contribution in [0, 0.1) is 0 Å². The molecule has 1 aliphatic carbocycles. The van der Waals surface area contributed by atoms with Gasteiger partial charge in [0.1, 0.15) is 15.0 Å². The molecule has 66 valence electrons. The number of nitrogens with zero attached hydrogens (tertiary/aromatic N) is 1. The number of hydrogen-bond donors (Lipinski definition) is 1. The van der Waals surface area contributed by atoms with Crippen LogP contribution in [0.3, 0.4) is 0 Å². The number of imidazole rings is 1. The van der Waals surface area contributed by atoms with E-state index in [0.717, 1.165) is 15.0 Å². The van der Waals surface area contributed by atoms with Crippen molar-refractivity contribution in [3.05, 3.63) is 15.0 Å². The van der Waals surface area contributed by atoms with Crippen molar-refractivity contribution in [2.24, 2.45) is 0 Å². The summed E-state index contributed by atoms with van der Waals surface area (Å²) in [4.78, 5) is 7.65. The number of halogens is 2. The highest BCUT2D eigenvalue weighted by Gasteiger charge is 2.20. The standard InChI is InChI=1S/C8H10Br2N2/c9-6-7(10)12-8(11-6)5-3-1-2-4-5/h5H,1-4H2,(H,11,12). The van der Waals surface area contributed by atoms with Crippen LogP contribution in [0.25, 0.3) is 0 Å². The molecule has 1 fully saturated rings. The number of nitrogens with one attached hydrogen (secondary N) is 1. The molecule has 4 heteroatoms. The van der Waals surface area contributed by atoms with E-state index in [9.17, 15) is 0 Å². The van der Waals surface area contributed by atoms with Gasteiger partial charge in [0.25, 0.3) is 0 Å². The van der Waals surface area contributed by atoms with Gasteiger partial charge >= 0.3 is 0 Å². The van der Waals surface area contributed by atoms with Crippen molar-refractivity contribution >= 4 is 31.9 Å². The molecule has 0 radical (unpaired) electrons. The minimum Gasteiger partial charge on any atom is -0.336 e. The Balaban J connectivity index is 2.21. The Morgan fingerprint density at radius 3 is 2.42 bits per heavy atom. The zero-order valence-corrected chi connectivity index (χ0v) is 9.78. The van der Waals surface area contributed by atoms with Crippen molar-refractivity contribution in [3.63, 3.8) is 0 Å². The first-order valence-electron chi connectivity index (χ1n) is 4.18. The summed E-state index contributed by atoms with van der Waals surface area (Å²) in [6.07, 6.45) is 5.26. The summed E-state index contributed by atoms with van der Waals surface area (Å²) >= 11 is 6.77. The van der Waals surface area contributed by atoms with Crippen LogP contribution in [0.5, 0.6) is 0 Å². The van der Waals surface area contributed by atoms with Crippen molar-refractivity contribution < 1.29 is 0 Å². The molecule has 0 bridgehead atoms. The summed E-state index contributed by atoms with van der Waals surface area (Å²) in [5.74, 6) is 1.79. The Kier molecular flexibility index (Phi) is 2.55. The third kappa shape index (κ3) is 1.59. The number of aromatic amines is 1. The SMILES string of the molecule is Brc1nc(C2CCCC2)[nH]c1Br. The van der Waals surface area contributed by atoms with Crippen molar-refractivity contribution in [2.75, 3.05) is 0 Å². The highest BCUT2D eigenvalue weighted by molar-refractivity contribution is 9.13. The van der Waals surface area contributed by atoms with Crippen molar-refractivity contribution in [1.82, 2.24) is 9.97 Å². The summed E-state index contributed by atoms with van der Waals surface area (Å²) in [5, 5.41) is 0. The van der Waals surface area contributed by atoms with E-state index in [4.69, 9.17) is 0 Å². The van der Waals surface area contributed by atoms with Gasteiger partial charge in [-0.1, -0.05) is 12.8 Å². The fourth-order valence-corrected chi connectivity index (χ4v) is 2.32. The van der Waals surface area contributed by atoms with E-state index in [-0.39, 0.29) is 0 Å². The van der Waals surface area contributed by atoms with E-state index in [1.54, 1.807) is 0 Å². The molecule has 0 atom stereocenters. The van der Waals surface area contributed by atoms with Gasteiger partial charge in [-0.15, -0.1) is 0 Å². The molecule has 1 aliphatic rings. The predicted molar refractivity (Wildman–Crippen MR) is 55.2 cm³/mol. The molecular weight excluding hydrogens is 284 g/mol. The quantitative estimate of drug-likeness (QED) is 0.842. The van der Waals surface area contributed by atoms with Crippen LogP contribution in [-0.2, 0) is 0 Å². The first-order valence-corrected chi connectivity index (χ1v) is 5.77. The van der Waals surface area contributed by atoms with Crippen LogP contribution >= 0.6 is 31.9 Å². The maximum absolute atomic E-state index is 4.41. The average Bonchev–Trinajstić information content (AvgIpc) is 2.61. The Morgan fingerprint density at radius 2 is 1.92 bits per heavy atom. The third-order valence-corrected chi connectivity index (χ3v) is 4.06. The lowest BCUT2D eigenvalue weighted by Gasteiger charge is -2.02. The second kappa shape index (κ2) is 3.50. The third-order valence-electron chi connectivity index (χ3n) is 2.38. The van der Waals surface area contributed by atoms with Gasteiger partial charge in [-0.25, -0.2) is 4.98 Å². The largest absolute Gasteiger partial charge is 0.336 e. The van der Waals surface area contributed by atoms with Crippen LogP contribution in [0.15, 0.2) is 9.21 Å². The van der Waals surface area contributed by atoms with Gasteiger partial charge in [-0.05, 0) is 44.7 Å². The molecule has 1 N–H and O–H groups in total. The number of aromatic nitrogens is 2. The van der Waals surface area contributed by atoms with Gasteiger partial charge in [0.2, 0.25) is 0 Å². The molecule has 1 saturated carbocycles. The first kappa shape index (κ1) is 8.75. The van der Waals surface area contributed by atoms with E-state index in [0.29, 0.717) is 5.92 Å². The average molecular weight is 294 g/mol. The Labute approximate surface area is 88.4 Å². The first-order chi connectivity index (χ1) is 5.77. The van der Waals surface area contributed by atoms with Crippen molar-refractivity contribution in [1.29, 1.82) is 0 Å². The van der Waals surface area contributed by atoms with Crippen LogP contribution in [0.4, 0.5) is 0 Å². The molecule has 12 heavy (non-hydrogen) atoms. The molecule has 0 unspecified atom stereocenters. The van der Waals surface area contributed by atoms with Gasteiger partial charge in [-0.3, -0.25) is 0 Å². The van der Waals surface area contributed by atoms with Gasteiger partial charge in [0.15, 0.2) is 0 Å². The molecule has 2 rings (SSSR count). The minimum absolute atomic E-state index is 0.660. The monoisotopic (exact) mass is 292 g/mol. The zero-order chi connectivity index (χ0) is 8.55. The molecule has 0 aliphatic heterocycles. The highest BCUT2D eigenvalue weighted by Crippen LogP contribution is 2.34. The van der Waals surface area contributed by atoms with Crippen LogP contribution in [0.1, 0.15) is 37.4 Å². The van der Waals surface area contributed by atoms with Crippen LogP contribution in [-0.4, -0.2) is 9.97 Å². The molecule has 0 aromatic carbocycles. The maximum atomic E-state index is 4.41. The highest BCUT2D eigenvalue weighted by atomic mass is 79.9. The Hall–Kier alpha value is 0.170. The van der Waals surface area contributed by atoms with E-state index < -0.39 is 0 Å². The van der Waals surface area contributed by atoms with Crippen LogP contribution < -0.4 is 0 Å². The van der Waals surface area contributed by atoms with Crippen molar-refractivity contribution in [2.45, 2.75) is 31.6 Å². The maximum Gasteiger partial charge on any atom is 0.138 e. The summed E-state index contributed by atoms with van der Waals surface area (Å²) < 4.78 is 1.86. The van der Waals surface area contributed by atoms with Crippen molar-refractivity contribution in [3.8, 4) is 0 Å². The summed E-state index contributed by atoms with van der Waals surface area (Å²) in [6, 6.07) is 0. The molecule has 2 nitrogen and oxygen atoms in total. The summed E-state index contributed by atoms with van der Waals surface area (Å²) in [7, 11) is 0. The summed E-state index contributed by atoms with van der Waals surface area (Å²) in [6.45, 7) is 0. The fraction of sp³-hybridized carbons (Fsp3) is 0.625. The predicted octanol–water partition coefficient (Wildman–Crippen LogP) is 3.59. The summed E-state index contributed by atoms with van der Waals surface area (Å²) in [5.41, 5.74) is 0. The van der Waals surface area contributed by atoms with Crippen LogP contribution in [0.2, 0.25) is 0 Å². The van der Waals surface area contributed by atoms with E-state index in [1.807, 2.05) is 0 Å². The fourth-order valence-electron chi connectivity index (χ4n) is 1.74. The second-order valence-electron chi connectivity index (χ2n) is 3.21. The van der Waals surface area contributed by atoms with Gasteiger partial charge in [0.05, 0.1) is 0 Å². The number of H-pyrrole nitrogens is 1. The number of hydrogen-bond acceptors (Lipinski definition) is 1. The van der Waals surface area contributed by atoms with E-state index in [2.05, 4.69) is 41.8 Å². The smallest absolute Gasteiger partial charge is 0.138 e. The Morgan fingerprint density at radius 1 is 1.25 bits per heavy atom. The normalized spacial score (nSPS) is 18.8. The molecule has 1 aromatic rings. The second-order valence-corrected chi connectivity index (χ2v) is 4.75. The van der Waals surface area contributed by atoms with Gasteiger partial charge < -0.3 is 4.98 Å². The van der Waals surface area contributed by atoms with Gasteiger partial charge in [-0.2, -0.15) is 0 Å². The number of rotatable bonds is 1. The molecular formula is C8H10Br2N2. The topological polar surface area (TPSA) is 28.7 Å². The van der Waals surface area contributed by atoms with E-state index >= 15 is 0 Å². The lowest BCUT2D eigenvalue weighted by Crippen LogP contribution is -1.94. The van der Waals surface area contributed by atoms with Gasteiger partial charge in [0, 0.05) is 5.92 Å². The molecule has 0 saturated heterocycles. The molecule has 1 aromatic heterocycles. The molecule has 0 spiro atoms. The lowest BCUT2D eigenvalue weighted by molar-refractivity contribution is 0.677. The molecule has 0 amide bonds. The minimum atomic E-state index is 0.660. The van der Waals surface area contributed by atoms with E-state index in [1.165, 1.54) is 25.7 Å². The Bertz CT molecular complexity index is 257. The zero-order valence-electron chi connectivity index (χ0n) is 6.61. The molecule has 1 heterocycles.